The van der Waals surface area contributed by atoms with Gasteiger partial charge in [-0.3, -0.25) is 0 Å². The minimum absolute atomic E-state index is 0.152. The van der Waals surface area contributed by atoms with Crippen molar-refractivity contribution in [1.82, 2.24) is 9.55 Å². The van der Waals surface area contributed by atoms with Crippen molar-refractivity contribution >= 4 is 5.95 Å². The summed E-state index contributed by atoms with van der Waals surface area (Å²) in [6, 6.07) is 0.630. The van der Waals surface area contributed by atoms with Crippen LogP contribution in [0.3, 0.4) is 0 Å². The number of hydrogen-bond acceptors (Lipinski definition) is 3. The van der Waals surface area contributed by atoms with Gasteiger partial charge in [0.2, 0.25) is 5.95 Å². The molecule has 1 saturated carbocycles. The average molecular weight is 251 g/mol. The van der Waals surface area contributed by atoms with Gasteiger partial charge in [-0.15, -0.1) is 0 Å². The maximum Gasteiger partial charge on any atom is 0.203 e. The standard InChI is InChI=1S/C14H25N3O/c1-4-18-14(2,3)11-16-13-15-9-10-17(13)12-7-5-6-8-12/h9-10,12H,4-8,11H2,1-3H3,(H,15,16). The zero-order valence-electron chi connectivity index (χ0n) is 11.8. The SMILES string of the molecule is CCOC(C)(C)CNc1nccn1C1CCCC1. The Labute approximate surface area is 110 Å². The summed E-state index contributed by atoms with van der Waals surface area (Å²) in [6.45, 7) is 7.76. The Balaban J connectivity index is 1.95. The minimum atomic E-state index is -0.152. The van der Waals surface area contributed by atoms with E-state index in [1.807, 2.05) is 13.1 Å². The van der Waals surface area contributed by atoms with E-state index in [9.17, 15) is 0 Å². The van der Waals surface area contributed by atoms with Gasteiger partial charge in [0.1, 0.15) is 0 Å². The number of nitrogens with one attached hydrogen (secondary N) is 1. The fourth-order valence-corrected chi connectivity index (χ4v) is 2.66. The van der Waals surface area contributed by atoms with Crippen molar-refractivity contribution in [3.8, 4) is 0 Å². The summed E-state index contributed by atoms with van der Waals surface area (Å²) >= 11 is 0. The molecule has 0 spiro atoms. The molecule has 0 unspecified atom stereocenters. The van der Waals surface area contributed by atoms with E-state index in [4.69, 9.17) is 4.74 Å². The summed E-state index contributed by atoms with van der Waals surface area (Å²) in [5.41, 5.74) is -0.152. The molecule has 0 aromatic carbocycles. The molecule has 0 saturated heterocycles. The molecular weight excluding hydrogens is 226 g/mol. The van der Waals surface area contributed by atoms with E-state index >= 15 is 0 Å². The van der Waals surface area contributed by atoms with Crippen molar-refractivity contribution in [3.05, 3.63) is 12.4 Å². The van der Waals surface area contributed by atoms with Crippen LogP contribution < -0.4 is 5.32 Å². The average Bonchev–Trinajstić information content (AvgIpc) is 2.97. The van der Waals surface area contributed by atoms with Crippen LogP contribution in [0.2, 0.25) is 0 Å². The van der Waals surface area contributed by atoms with Gasteiger partial charge in [-0.25, -0.2) is 4.98 Å². The van der Waals surface area contributed by atoms with Crippen LogP contribution in [0.15, 0.2) is 12.4 Å². The third-order valence-corrected chi connectivity index (χ3v) is 3.59. The summed E-state index contributed by atoms with van der Waals surface area (Å²) in [5, 5.41) is 3.42. The number of rotatable bonds is 6. The van der Waals surface area contributed by atoms with Gasteiger partial charge < -0.3 is 14.6 Å². The fourth-order valence-electron chi connectivity index (χ4n) is 2.66. The third-order valence-electron chi connectivity index (χ3n) is 3.59. The largest absolute Gasteiger partial charge is 0.374 e. The first-order valence-corrected chi connectivity index (χ1v) is 7.03. The topological polar surface area (TPSA) is 39.1 Å². The van der Waals surface area contributed by atoms with Crippen LogP contribution in [-0.2, 0) is 4.74 Å². The predicted molar refractivity (Wildman–Crippen MR) is 73.9 cm³/mol. The highest BCUT2D eigenvalue weighted by Crippen LogP contribution is 2.31. The molecule has 1 aliphatic rings. The maximum absolute atomic E-state index is 5.69. The fraction of sp³-hybridized carbons (Fsp3) is 0.786. The molecule has 0 amide bonds. The Kier molecular flexibility index (Phi) is 4.27. The molecule has 0 aliphatic heterocycles. The van der Waals surface area contributed by atoms with E-state index in [1.165, 1.54) is 25.7 Å². The molecule has 0 bridgehead atoms. The number of nitrogens with zero attached hydrogens (tertiary/aromatic N) is 2. The first-order chi connectivity index (χ1) is 8.62. The minimum Gasteiger partial charge on any atom is -0.374 e. The van der Waals surface area contributed by atoms with Crippen molar-refractivity contribution in [3.63, 3.8) is 0 Å². The molecule has 1 fully saturated rings. The van der Waals surface area contributed by atoms with Crippen LogP contribution in [0.25, 0.3) is 0 Å². The van der Waals surface area contributed by atoms with E-state index in [0.717, 1.165) is 19.1 Å². The lowest BCUT2D eigenvalue weighted by molar-refractivity contribution is 0.000525. The highest BCUT2D eigenvalue weighted by Gasteiger charge is 2.21. The lowest BCUT2D eigenvalue weighted by Crippen LogP contribution is -2.34. The maximum atomic E-state index is 5.69. The second-order valence-electron chi connectivity index (χ2n) is 5.64. The number of hydrogen-bond donors (Lipinski definition) is 1. The van der Waals surface area contributed by atoms with Crippen LogP contribution in [0.4, 0.5) is 5.95 Å². The summed E-state index contributed by atoms with van der Waals surface area (Å²) in [6.07, 6.45) is 9.21. The normalized spacial score (nSPS) is 17.3. The molecular formula is C14H25N3O. The van der Waals surface area contributed by atoms with Crippen LogP contribution in [0, 0.1) is 0 Å². The summed E-state index contributed by atoms with van der Waals surface area (Å²) in [5.74, 6) is 0.981. The molecule has 1 aromatic rings. The molecule has 1 N–H and O–H groups in total. The van der Waals surface area contributed by atoms with Crippen molar-refractivity contribution in [2.24, 2.45) is 0 Å². The predicted octanol–water partition coefficient (Wildman–Crippen LogP) is 3.23. The molecule has 0 atom stereocenters. The molecule has 1 aliphatic carbocycles. The molecule has 102 valence electrons. The molecule has 4 heteroatoms. The number of ether oxygens (including phenoxy) is 1. The van der Waals surface area contributed by atoms with E-state index in [1.54, 1.807) is 0 Å². The van der Waals surface area contributed by atoms with E-state index in [0.29, 0.717) is 6.04 Å². The Bertz CT molecular complexity index is 367. The van der Waals surface area contributed by atoms with Gasteiger partial charge in [0, 0.05) is 31.6 Å². The first-order valence-electron chi connectivity index (χ1n) is 7.03. The van der Waals surface area contributed by atoms with Gasteiger partial charge in [0.15, 0.2) is 0 Å². The van der Waals surface area contributed by atoms with Gasteiger partial charge in [-0.05, 0) is 33.6 Å². The number of anilines is 1. The third kappa shape index (κ3) is 3.25. The lowest BCUT2D eigenvalue weighted by atomic mass is 10.1. The molecule has 1 heterocycles. The second kappa shape index (κ2) is 5.74. The quantitative estimate of drug-likeness (QED) is 0.843. The zero-order chi connectivity index (χ0) is 13.0. The molecule has 1 aromatic heterocycles. The highest BCUT2D eigenvalue weighted by molar-refractivity contribution is 5.27. The number of aromatic nitrogens is 2. The Morgan fingerprint density at radius 2 is 2.17 bits per heavy atom. The van der Waals surface area contributed by atoms with Crippen molar-refractivity contribution < 1.29 is 4.74 Å². The smallest absolute Gasteiger partial charge is 0.203 e. The molecule has 0 radical (unpaired) electrons. The number of imidazole rings is 1. The van der Waals surface area contributed by atoms with E-state index in [2.05, 4.69) is 34.9 Å². The van der Waals surface area contributed by atoms with E-state index < -0.39 is 0 Å². The van der Waals surface area contributed by atoms with Crippen molar-refractivity contribution in [2.45, 2.75) is 58.1 Å². The van der Waals surface area contributed by atoms with Gasteiger partial charge >= 0.3 is 0 Å². The Morgan fingerprint density at radius 1 is 1.44 bits per heavy atom. The van der Waals surface area contributed by atoms with Crippen LogP contribution in [-0.4, -0.2) is 28.3 Å². The van der Waals surface area contributed by atoms with Crippen LogP contribution in [0.1, 0.15) is 52.5 Å². The molecule has 2 rings (SSSR count). The van der Waals surface area contributed by atoms with Crippen molar-refractivity contribution in [2.75, 3.05) is 18.5 Å². The van der Waals surface area contributed by atoms with Crippen molar-refractivity contribution in [1.29, 1.82) is 0 Å². The monoisotopic (exact) mass is 251 g/mol. The van der Waals surface area contributed by atoms with Crippen LogP contribution in [0.5, 0.6) is 0 Å². The van der Waals surface area contributed by atoms with Gasteiger partial charge in [0.05, 0.1) is 5.60 Å². The summed E-state index contributed by atoms with van der Waals surface area (Å²) in [4.78, 5) is 4.42. The molecule has 18 heavy (non-hydrogen) atoms. The zero-order valence-corrected chi connectivity index (χ0v) is 11.8. The highest BCUT2D eigenvalue weighted by atomic mass is 16.5. The first kappa shape index (κ1) is 13.4. The van der Waals surface area contributed by atoms with Gasteiger partial charge in [-0.1, -0.05) is 12.8 Å². The van der Waals surface area contributed by atoms with E-state index in [-0.39, 0.29) is 5.60 Å². The van der Waals surface area contributed by atoms with Gasteiger partial charge in [-0.2, -0.15) is 0 Å². The van der Waals surface area contributed by atoms with Crippen LogP contribution >= 0.6 is 0 Å². The molecule has 4 nitrogen and oxygen atoms in total. The second-order valence-corrected chi connectivity index (χ2v) is 5.64. The summed E-state index contributed by atoms with van der Waals surface area (Å²) in [7, 11) is 0. The Hall–Kier alpha value is -1.03. The lowest BCUT2D eigenvalue weighted by Gasteiger charge is -2.26. The Morgan fingerprint density at radius 3 is 2.83 bits per heavy atom. The van der Waals surface area contributed by atoms with Gasteiger partial charge in [0.25, 0.3) is 0 Å². The summed E-state index contributed by atoms with van der Waals surface area (Å²) < 4.78 is 7.98.